The lowest BCUT2D eigenvalue weighted by atomic mass is 10.3. The number of nitrogens with one attached hydrogen (secondary N) is 2. The van der Waals surface area contributed by atoms with Crippen molar-refractivity contribution < 1.29 is 0 Å². The van der Waals surface area contributed by atoms with E-state index in [2.05, 4.69) is 15.1 Å². The van der Waals surface area contributed by atoms with Crippen LogP contribution < -0.4 is 11.2 Å². The van der Waals surface area contributed by atoms with Crippen LogP contribution in [0.2, 0.25) is 0 Å². The number of aromatic amines is 2. The van der Waals surface area contributed by atoms with Gasteiger partial charge < -0.3 is 0 Å². The zero-order valence-corrected chi connectivity index (χ0v) is 7.21. The first-order valence-electron chi connectivity index (χ1n) is 3.75. The van der Waals surface area contributed by atoms with Gasteiger partial charge in [-0.1, -0.05) is 0 Å². The molecule has 0 spiro atoms. The molecule has 13 heavy (non-hydrogen) atoms. The maximum Gasteiger partial charge on any atom is 0.327 e. The number of hydrogen-bond acceptors (Lipinski definition) is 3. The Hall–Kier alpha value is -1.85. The second-order valence-corrected chi connectivity index (χ2v) is 2.84. The molecule has 0 aliphatic carbocycles. The lowest BCUT2D eigenvalue weighted by molar-refractivity contribution is 0.771. The van der Waals surface area contributed by atoms with E-state index in [1.54, 1.807) is 14.0 Å². The van der Waals surface area contributed by atoms with Crippen LogP contribution >= 0.6 is 0 Å². The number of H-pyrrole nitrogens is 2. The van der Waals surface area contributed by atoms with Crippen LogP contribution in [-0.4, -0.2) is 19.7 Å². The summed E-state index contributed by atoms with van der Waals surface area (Å²) in [5.41, 5.74) is 0.145. The molecule has 0 aliphatic rings. The number of nitrogens with zero attached hydrogens (tertiary/aromatic N) is 2. The van der Waals surface area contributed by atoms with Crippen molar-refractivity contribution in [3.8, 4) is 0 Å². The number of fused-ring (bicyclic) bond motifs is 1. The van der Waals surface area contributed by atoms with Gasteiger partial charge in [0.1, 0.15) is 11.0 Å². The van der Waals surface area contributed by atoms with Crippen molar-refractivity contribution in [2.45, 2.75) is 6.92 Å². The lowest BCUT2D eigenvalue weighted by Gasteiger charge is -1.90. The Kier molecular flexibility index (Phi) is 1.39. The maximum atomic E-state index is 11.3. The molecule has 0 atom stereocenters. The lowest BCUT2D eigenvalue weighted by Crippen LogP contribution is -2.22. The van der Waals surface area contributed by atoms with Gasteiger partial charge in [-0.25, -0.2) is 4.79 Å². The summed E-state index contributed by atoms with van der Waals surface area (Å²) in [7, 11) is 1.67. The van der Waals surface area contributed by atoms with Crippen LogP contribution in [0.1, 0.15) is 5.69 Å². The summed E-state index contributed by atoms with van der Waals surface area (Å²) in [4.78, 5) is 26.9. The molecule has 0 radical (unpaired) electrons. The van der Waals surface area contributed by atoms with Gasteiger partial charge >= 0.3 is 5.69 Å². The van der Waals surface area contributed by atoms with Gasteiger partial charge in [-0.05, 0) is 6.92 Å². The Balaban J connectivity index is 3.15. The normalized spacial score (nSPS) is 10.9. The van der Waals surface area contributed by atoms with Gasteiger partial charge in [-0.3, -0.25) is 19.4 Å². The van der Waals surface area contributed by atoms with Crippen LogP contribution in [0.25, 0.3) is 11.0 Å². The summed E-state index contributed by atoms with van der Waals surface area (Å²) in [5, 5.41) is 4.45. The van der Waals surface area contributed by atoms with E-state index in [1.807, 2.05) is 0 Å². The van der Waals surface area contributed by atoms with E-state index in [4.69, 9.17) is 0 Å². The first kappa shape index (κ1) is 7.78. The molecule has 0 saturated heterocycles. The molecule has 0 saturated carbocycles. The number of aryl methyl sites for hydroxylation is 2. The zero-order chi connectivity index (χ0) is 9.59. The molecule has 0 unspecified atom stereocenters. The minimum Gasteiger partial charge on any atom is -0.292 e. The van der Waals surface area contributed by atoms with Crippen molar-refractivity contribution in [2.24, 2.45) is 7.05 Å². The molecule has 2 aromatic rings. The van der Waals surface area contributed by atoms with E-state index >= 15 is 0 Å². The third-order valence-electron chi connectivity index (χ3n) is 1.91. The Bertz CT molecular complexity index is 574. The third-order valence-corrected chi connectivity index (χ3v) is 1.91. The molecule has 6 heteroatoms. The minimum absolute atomic E-state index is 0.399. The highest BCUT2D eigenvalue weighted by molar-refractivity contribution is 5.76. The molecular weight excluding hydrogens is 172 g/mol. The van der Waals surface area contributed by atoms with Crippen LogP contribution in [0.3, 0.4) is 0 Å². The SMILES string of the molecule is Cc1nn(C)c2[nH]c(=O)[nH]c(=O)c12. The predicted octanol–water partition coefficient (Wildman–Crippen LogP) is -0.742. The molecule has 0 bridgehead atoms. The van der Waals surface area contributed by atoms with Crippen LogP contribution in [-0.2, 0) is 7.05 Å². The summed E-state index contributed by atoms with van der Waals surface area (Å²) in [5.74, 6) is 0. The van der Waals surface area contributed by atoms with E-state index in [1.165, 1.54) is 4.68 Å². The second-order valence-electron chi connectivity index (χ2n) is 2.84. The van der Waals surface area contributed by atoms with Crippen molar-refractivity contribution in [1.29, 1.82) is 0 Å². The Labute approximate surface area is 72.2 Å². The van der Waals surface area contributed by atoms with Crippen LogP contribution in [0.5, 0.6) is 0 Å². The average Bonchev–Trinajstić information content (AvgIpc) is 2.27. The van der Waals surface area contributed by atoms with E-state index in [-0.39, 0.29) is 0 Å². The van der Waals surface area contributed by atoms with E-state index in [0.717, 1.165) is 0 Å². The fourth-order valence-corrected chi connectivity index (χ4v) is 1.38. The first-order valence-corrected chi connectivity index (χ1v) is 3.75. The first-order chi connectivity index (χ1) is 6.09. The van der Waals surface area contributed by atoms with Gasteiger partial charge in [0.2, 0.25) is 0 Å². The van der Waals surface area contributed by atoms with Gasteiger partial charge in [-0.15, -0.1) is 0 Å². The smallest absolute Gasteiger partial charge is 0.292 e. The molecule has 68 valence electrons. The average molecular weight is 180 g/mol. The van der Waals surface area contributed by atoms with Crippen LogP contribution in [0, 0.1) is 6.92 Å². The monoisotopic (exact) mass is 180 g/mol. The van der Waals surface area contributed by atoms with Gasteiger partial charge in [0, 0.05) is 7.05 Å². The third kappa shape index (κ3) is 0.986. The standard InChI is InChI=1S/C7H8N4O2/c1-3-4-5(11(2)10-3)8-7(13)9-6(4)12/h1-2H3,(H2,8,9,12,13). The summed E-state index contributed by atoms with van der Waals surface area (Å²) in [6, 6.07) is 0. The molecule has 0 fully saturated rings. The van der Waals surface area contributed by atoms with Crippen molar-refractivity contribution in [2.75, 3.05) is 0 Å². The maximum absolute atomic E-state index is 11.3. The van der Waals surface area contributed by atoms with E-state index in [0.29, 0.717) is 16.7 Å². The fourth-order valence-electron chi connectivity index (χ4n) is 1.38. The zero-order valence-electron chi connectivity index (χ0n) is 7.21. The molecule has 2 heterocycles. The molecule has 6 nitrogen and oxygen atoms in total. The highest BCUT2D eigenvalue weighted by Gasteiger charge is 2.08. The molecule has 2 rings (SSSR count). The van der Waals surface area contributed by atoms with Crippen LogP contribution in [0.4, 0.5) is 0 Å². The molecule has 0 aromatic carbocycles. The fraction of sp³-hybridized carbons (Fsp3) is 0.286. The number of rotatable bonds is 0. The van der Waals surface area contributed by atoms with Crippen molar-refractivity contribution in [3.63, 3.8) is 0 Å². The summed E-state index contributed by atoms with van der Waals surface area (Å²) in [6.45, 7) is 1.72. The number of aromatic nitrogens is 4. The van der Waals surface area contributed by atoms with E-state index in [9.17, 15) is 9.59 Å². The van der Waals surface area contributed by atoms with Crippen molar-refractivity contribution >= 4 is 11.0 Å². The van der Waals surface area contributed by atoms with Crippen molar-refractivity contribution in [1.82, 2.24) is 19.7 Å². The largest absolute Gasteiger partial charge is 0.327 e. The summed E-state index contributed by atoms with van der Waals surface area (Å²) >= 11 is 0. The highest BCUT2D eigenvalue weighted by atomic mass is 16.2. The number of hydrogen-bond donors (Lipinski definition) is 2. The molecule has 2 N–H and O–H groups in total. The molecule has 0 amide bonds. The molecular formula is C7H8N4O2. The Morgan fingerprint density at radius 2 is 2.00 bits per heavy atom. The van der Waals surface area contributed by atoms with Gasteiger partial charge in [-0.2, -0.15) is 5.10 Å². The van der Waals surface area contributed by atoms with Gasteiger partial charge in [0.15, 0.2) is 0 Å². The topological polar surface area (TPSA) is 83.5 Å². The molecule has 2 aromatic heterocycles. The van der Waals surface area contributed by atoms with Crippen molar-refractivity contribution in [3.05, 3.63) is 26.5 Å². The van der Waals surface area contributed by atoms with Gasteiger partial charge in [0.25, 0.3) is 5.56 Å². The molecule has 0 aliphatic heterocycles. The van der Waals surface area contributed by atoms with E-state index < -0.39 is 11.2 Å². The van der Waals surface area contributed by atoms with Gasteiger partial charge in [0.05, 0.1) is 5.69 Å². The van der Waals surface area contributed by atoms with Crippen LogP contribution in [0.15, 0.2) is 9.59 Å². The predicted molar refractivity (Wildman–Crippen MR) is 46.7 cm³/mol. The Morgan fingerprint density at radius 3 is 2.69 bits per heavy atom. The highest BCUT2D eigenvalue weighted by Crippen LogP contribution is 2.06. The quantitative estimate of drug-likeness (QED) is 0.560. The second kappa shape index (κ2) is 2.32. The Morgan fingerprint density at radius 1 is 1.31 bits per heavy atom. The summed E-state index contributed by atoms with van der Waals surface area (Å²) in [6.07, 6.45) is 0. The minimum atomic E-state index is -0.513. The summed E-state index contributed by atoms with van der Waals surface area (Å²) < 4.78 is 1.47.